The highest BCUT2D eigenvalue weighted by Crippen LogP contribution is 2.29. The second-order valence-corrected chi connectivity index (χ2v) is 7.46. The maximum absolute atomic E-state index is 13.0. The van der Waals surface area contributed by atoms with Gasteiger partial charge in [0, 0.05) is 39.9 Å². The number of anilines is 3. The number of benzene rings is 3. The van der Waals surface area contributed by atoms with Crippen molar-refractivity contribution in [3.8, 4) is 0 Å². The fourth-order valence-electron chi connectivity index (χ4n) is 3.23. The van der Waals surface area contributed by atoms with Gasteiger partial charge in [-0.1, -0.05) is 35.3 Å². The van der Waals surface area contributed by atoms with Gasteiger partial charge in [-0.25, -0.2) is 0 Å². The molecule has 2 N–H and O–H groups in total. The summed E-state index contributed by atoms with van der Waals surface area (Å²) >= 11 is 11.9. The molecule has 0 bridgehead atoms. The fourth-order valence-corrected chi connectivity index (χ4v) is 3.76. The van der Waals surface area contributed by atoms with E-state index in [1.807, 2.05) is 24.3 Å². The standard InChI is InChI=1S/C22H17Cl2N3O2/c23-16-11-15(12-17(24)13-16)21(28)26-18-7-5-14(6-8-18)22(29)27-10-9-25-19-3-1-2-4-20(19)27/h1-8,11-13,25H,9-10H2,(H,26,28). The fraction of sp³-hybridized carbons (Fsp3) is 0.0909. The van der Waals surface area contributed by atoms with Gasteiger partial charge in [0.05, 0.1) is 11.4 Å². The van der Waals surface area contributed by atoms with Crippen molar-refractivity contribution in [3.05, 3.63) is 87.9 Å². The Morgan fingerprint density at radius 1 is 0.897 bits per heavy atom. The first-order valence-corrected chi connectivity index (χ1v) is 9.79. The van der Waals surface area contributed by atoms with E-state index in [1.165, 1.54) is 0 Å². The molecule has 7 heteroatoms. The monoisotopic (exact) mass is 425 g/mol. The van der Waals surface area contributed by atoms with Crippen molar-refractivity contribution in [2.45, 2.75) is 0 Å². The molecule has 3 aromatic carbocycles. The zero-order valence-electron chi connectivity index (χ0n) is 15.3. The number of nitrogens with one attached hydrogen (secondary N) is 2. The number of amides is 2. The quantitative estimate of drug-likeness (QED) is 0.596. The summed E-state index contributed by atoms with van der Waals surface area (Å²) in [4.78, 5) is 27.1. The minimum Gasteiger partial charge on any atom is -0.382 e. The molecule has 0 fully saturated rings. The Balaban J connectivity index is 1.50. The summed E-state index contributed by atoms with van der Waals surface area (Å²) in [6, 6.07) is 19.2. The Labute approximate surface area is 178 Å². The summed E-state index contributed by atoms with van der Waals surface area (Å²) in [5, 5.41) is 6.85. The molecule has 5 nitrogen and oxygen atoms in total. The van der Waals surface area contributed by atoms with Crippen LogP contribution in [0.3, 0.4) is 0 Å². The first kappa shape index (κ1) is 19.3. The molecule has 0 atom stereocenters. The summed E-state index contributed by atoms with van der Waals surface area (Å²) in [6.45, 7) is 1.28. The highest BCUT2D eigenvalue weighted by Gasteiger charge is 2.23. The Morgan fingerprint density at radius 3 is 2.31 bits per heavy atom. The molecule has 0 unspecified atom stereocenters. The highest BCUT2D eigenvalue weighted by atomic mass is 35.5. The van der Waals surface area contributed by atoms with Crippen LogP contribution < -0.4 is 15.5 Å². The van der Waals surface area contributed by atoms with Gasteiger partial charge in [0.2, 0.25) is 0 Å². The molecule has 0 radical (unpaired) electrons. The molecule has 0 saturated heterocycles. The molecular formula is C22H17Cl2N3O2. The average molecular weight is 426 g/mol. The number of fused-ring (bicyclic) bond motifs is 1. The zero-order valence-corrected chi connectivity index (χ0v) is 16.8. The Hall–Kier alpha value is -3.02. The normalized spacial score (nSPS) is 12.7. The minimum absolute atomic E-state index is 0.0848. The van der Waals surface area contributed by atoms with E-state index in [0.717, 1.165) is 11.4 Å². The van der Waals surface area contributed by atoms with Gasteiger partial charge in [-0.05, 0) is 54.6 Å². The van der Waals surface area contributed by atoms with Crippen molar-refractivity contribution in [1.29, 1.82) is 0 Å². The lowest BCUT2D eigenvalue weighted by Gasteiger charge is -2.30. The van der Waals surface area contributed by atoms with Crippen LogP contribution in [0.4, 0.5) is 17.1 Å². The van der Waals surface area contributed by atoms with Crippen molar-refractivity contribution in [2.75, 3.05) is 28.6 Å². The molecule has 3 aromatic rings. The molecule has 1 aliphatic heterocycles. The summed E-state index contributed by atoms with van der Waals surface area (Å²) in [7, 11) is 0. The molecule has 1 heterocycles. The third-order valence-electron chi connectivity index (χ3n) is 4.61. The predicted octanol–water partition coefficient (Wildman–Crippen LogP) is 5.32. The van der Waals surface area contributed by atoms with Crippen LogP contribution in [0.2, 0.25) is 10.0 Å². The molecule has 0 aliphatic carbocycles. The summed E-state index contributed by atoms with van der Waals surface area (Å²) in [5.74, 6) is -0.414. The van der Waals surface area contributed by atoms with Crippen LogP contribution in [0.25, 0.3) is 0 Å². The van der Waals surface area contributed by atoms with Crippen LogP contribution in [-0.4, -0.2) is 24.9 Å². The third-order valence-corrected chi connectivity index (χ3v) is 5.04. The average Bonchev–Trinajstić information content (AvgIpc) is 2.72. The number of rotatable bonds is 3. The lowest BCUT2D eigenvalue weighted by atomic mass is 10.1. The van der Waals surface area contributed by atoms with E-state index in [4.69, 9.17) is 23.2 Å². The molecule has 4 rings (SSSR count). The SMILES string of the molecule is O=C(Nc1ccc(C(=O)N2CCNc3ccccc32)cc1)c1cc(Cl)cc(Cl)c1. The van der Waals surface area contributed by atoms with Crippen molar-refractivity contribution in [2.24, 2.45) is 0 Å². The zero-order chi connectivity index (χ0) is 20.4. The lowest BCUT2D eigenvalue weighted by Crippen LogP contribution is -2.38. The smallest absolute Gasteiger partial charge is 0.258 e. The number of carbonyl (C=O) groups is 2. The first-order chi connectivity index (χ1) is 14.0. The topological polar surface area (TPSA) is 61.4 Å². The molecule has 1 aliphatic rings. The number of halogens is 2. The van der Waals surface area contributed by atoms with Crippen molar-refractivity contribution >= 4 is 52.1 Å². The molecule has 0 aromatic heterocycles. The number of hydrogen-bond donors (Lipinski definition) is 2. The number of nitrogens with zero attached hydrogens (tertiary/aromatic N) is 1. The minimum atomic E-state index is -0.329. The van der Waals surface area contributed by atoms with E-state index >= 15 is 0 Å². The molecule has 0 spiro atoms. The second kappa shape index (κ2) is 8.15. The van der Waals surface area contributed by atoms with E-state index in [9.17, 15) is 9.59 Å². The van der Waals surface area contributed by atoms with E-state index in [-0.39, 0.29) is 11.8 Å². The first-order valence-electron chi connectivity index (χ1n) is 9.03. The predicted molar refractivity (Wildman–Crippen MR) is 117 cm³/mol. The molecular weight excluding hydrogens is 409 g/mol. The van der Waals surface area contributed by atoms with Crippen molar-refractivity contribution in [3.63, 3.8) is 0 Å². The van der Waals surface area contributed by atoms with Gasteiger partial charge in [-0.2, -0.15) is 0 Å². The maximum atomic E-state index is 13.0. The van der Waals surface area contributed by atoms with Gasteiger partial charge in [0.25, 0.3) is 11.8 Å². The highest BCUT2D eigenvalue weighted by molar-refractivity contribution is 6.35. The van der Waals surface area contributed by atoms with Gasteiger partial charge < -0.3 is 15.5 Å². The molecule has 146 valence electrons. The van der Waals surface area contributed by atoms with Gasteiger partial charge in [-0.3, -0.25) is 9.59 Å². The van der Waals surface area contributed by atoms with Crippen LogP contribution in [0, 0.1) is 0 Å². The van der Waals surface area contributed by atoms with E-state index < -0.39 is 0 Å². The number of para-hydroxylation sites is 2. The van der Waals surface area contributed by atoms with Gasteiger partial charge in [0.15, 0.2) is 0 Å². The maximum Gasteiger partial charge on any atom is 0.258 e. The van der Waals surface area contributed by atoms with Gasteiger partial charge in [-0.15, -0.1) is 0 Å². The molecule has 2 amide bonds. The van der Waals surface area contributed by atoms with Gasteiger partial charge >= 0.3 is 0 Å². The Bertz CT molecular complexity index is 1060. The largest absolute Gasteiger partial charge is 0.382 e. The van der Waals surface area contributed by atoms with Crippen LogP contribution in [-0.2, 0) is 0 Å². The Kier molecular flexibility index (Phi) is 5.43. The number of hydrogen-bond acceptors (Lipinski definition) is 3. The summed E-state index contributed by atoms with van der Waals surface area (Å²) in [5.41, 5.74) is 3.28. The summed E-state index contributed by atoms with van der Waals surface area (Å²) < 4.78 is 0. The van der Waals surface area contributed by atoms with E-state index in [0.29, 0.717) is 39.9 Å². The van der Waals surface area contributed by atoms with Crippen LogP contribution in [0.1, 0.15) is 20.7 Å². The van der Waals surface area contributed by atoms with Gasteiger partial charge in [0.1, 0.15) is 0 Å². The van der Waals surface area contributed by atoms with Crippen LogP contribution in [0.5, 0.6) is 0 Å². The van der Waals surface area contributed by atoms with Crippen molar-refractivity contribution in [1.82, 2.24) is 0 Å². The number of carbonyl (C=O) groups excluding carboxylic acids is 2. The lowest BCUT2D eigenvalue weighted by molar-refractivity contribution is 0.0986. The van der Waals surface area contributed by atoms with Crippen LogP contribution in [0.15, 0.2) is 66.7 Å². The Morgan fingerprint density at radius 2 is 1.59 bits per heavy atom. The third kappa shape index (κ3) is 4.21. The van der Waals surface area contributed by atoms with E-state index in [2.05, 4.69) is 10.6 Å². The van der Waals surface area contributed by atoms with E-state index in [1.54, 1.807) is 47.4 Å². The second-order valence-electron chi connectivity index (χ2n) is 6.59. The summed E-state index contributed by atoms with van der Waals surface area (Å²) in [6.07, 6.45) is 0. The van der Waals surface area contributed by atoms with Crippen molar-refractivity contribution < 1.29 is 9.59 Å². The van der Waals surface area contributed by atoms with Crippen LogP contribution >= 0.6 is 23.2 Å². The molecule has 29 heavy (non-hydrogen) atoms. The molecule has 0 saturated carbocycles.